The molecule has 1 unspecified atom stereocenters. The van der Waals surface area contributed by atoms with Crippen molar-refractivity contribution < 1.29 is 33.0 Å². The van der Waals surface area contributed by atoms with Crippen LogP contribution in [0.4, 0.5) is 8.78 Å². The Morgan fingerprint density at radius 3 is 2.79 bits per heavy atom. The predicted octanol–water partition coefficient (Wildman–Crippen LogP) is 1.88. The van der Waals surface area contributed by atoms with Crippen LogP contribution < -0.4 is 4.74 Å². The van der Waals surface area contributed by atoms with Gasteiger partial charge in [0.1, 0.15) is 5.75 Å². The quantitative estimate of drug-likeness (QED) is 0.853. The first-order valence-corrected chi connectivity index (χ1v) is 7.59. The molecule has 1 saturated heterocycles. The van der Waals surface area contributed by atoms with Crippen molar-refractivity contribution in [3.8, 4) is 5.75 Å². The summed E-state index contributed by atoms with van der Waals surface area (Å²) in [7, 11) is 0. The van der Waals surface area contributed by atoms with E-state index in [1.807, 2.05) is 0 Å². The number of rotatable bonds is 6. The van der Waals surface area contributed by atoms with Crippen LogP contribution in [0, 0.1) is 0 Å². The van der Waals surface area contributed by atoms with Crippen molar-refractivity contribution >= 4 is 11.9 Å². The van der Waals surface area contributed by atoms with Crippen LogP contribution in [0.3, 0.4) is 0 Å². The Labute approximate surface area is 138 Å². The van der Waals surface area contributed by atoms with Crippen molar-refractivity contribution in [2.75, 3.05) is 26.3 Å². The molecule has 0 bridgehead atoms. The first-order valence-electron chi connectivity index (χ1n) is 7.59. The number of para-hydroxylation sites is 1. The summed E-state index contributed by atoms with van der Waals surface area (Å²) in [5.74, 6) is -6.30. The van der Waals surface area contributed by atoms with Gasteiger partial charge in [-0.25, -0.2) is 0 Å². The second kappa shape index (κ2) is 7.57. The van der Waals surface area contributed by atoms with Crippen LogP contribution >= 0.6 is 0 Å². The number of hydrogen-bond acceptors (Lipinski definition) is 4. The Morgan fingerprint density at radius 1 is 1.42 bits per heavy atom. The SMILES string of the molecule is CCOc1ccccc1C(F)(F)C(=O)N1CCOC(CC(=O)O)C1. The number of aliphatic carboxylic acids is 1. The Balaban J connectivity index is 2.19. The predicted molar refractivity (Wildman–Crippen MR) is 80.1 cm³/mol. The number of halogens is 2. The maximum absolute atomic E-state index is 14.7. The number of ether oxygens (including phenoxy) is 2. The number of carbonyl (C=O) groups excluding carboxylic acids is 1. The van der Waals surface area contributed by atoms with E-state index in [1.54, 1.807) is 13.0 Å². The van der Waals surface area contributed by atoms with Gasteiger partial charge in [0, 0.05) is 13.1 Å². The number of hydrogen-bond donors (Lipinski definition) is 1. The van der Waals surface area contributed by atoms with Gasteiger partial charge in [-0.1, -0.05) is 12.1 Å². The summed E-state index contributed by atoms with van der Waals surface area (Å²) < 4.78 is 39.7. The molecule has 24 heavy (non-hydrogen) atoms. The summed E-state index contributed by atoms with van der Waals surface area (Å²) >= 11 is 0. The zero-order valence-electron chi connectivity index (χ0n) is 13.2. The molecule has 1 fully saturated rings. The van der Waals surface area contributed by atoms with Gasteiger partial charge in [0.15, 0.2) is 0 Å². The minimum absolute atomic E-state index is 0.0126. The molecule has 2 rings (SSSR count). The Hall–Kier alpha value is -2.22. The molecule has 1 aliphatic heterocycles. The lowest BCUT2D eigenvalue weighted by molar-refractivity contribution is -0.168. The van der Waals surface area contributed by atoms with Gasteiger partial charge < -0.3 is 19.5 Å². The summed E-state index contributed by atoms with van der Waals surface area (Å²) in [6.07, 6.45) is -1.14. The van der Waals surface area contributed by atoms with Gasteiger partial charge in [-0.3, -0.25) is 9.59 Å². The third-order valence-corrected chi connectivity index (χ3v) is 3.62. The van der Waals surface area contributed by atoms with E-state index < -0.39 is 29.5 Å². The van der Waals surface area contributed by atoms with Crippen molar-refractivity contribution in [1.29, 1.82) is 0 Å². The number of nitrogens with zero attached hydrogens (tertiary/aromatic N) is 1. The number of carboxylic acids is 1. The smallest absolute Gasteiger partial charge is 0.353 e. The molecule has 8 heteroatoms. The molecule has 1 amide bonds. The summed E-state index contributed by atoms with van der Waals surface area (Å²) in [5.41, 5.74) is -0.502. The van der Waals surface area contributed by atoms with Crippen LogP contribution in [-0.4, -0.2) is 54.3 Å². The van der Waals surface area contributed by atoms with Gasteiger partial charge in [-0.15, -0.1) is 0 Å². The Bertz CT molecular complexity index is 608. The molecule has 1 aliphatic rings. The number of morpholine rings is 1. The van der Waals surface area contributed by atoms with E-state index in [0.717, 1.165) is 11.0 Å². The fraction of sp³-hybridized carbons (Fsp3) is 0.500. The maximum atomic E-state index is 14.7. The van der Waals surface area contributed by atoms with Crippen molar-refractivity contribution in [2.45, 2.75) is 25.4 Å². The zero-order valence-corrected chi connectivity index (χ0v) is 13.2. The second-order valence-corrected chi connectivity index (χ2v) is 5.35. The minimum Gasteiger partial charge on any atom is -0.493 e. The number of amides is 1. The molecule has 6 nitrogen and oxygen atoms in total. The average Bonchev–Trinajstić information content (AvgIpc) is 2.54. The lowest BCUT2D eigenvalue weighted by Crippen LogP contribution is -2.51. The molecular formula is C16H19F2NO5. The highest BCUT2D eigenvalue weighted by atomic mass is 19.3. The highest BCUT2D eigenvalue weighted by molar-refractivity contribution is 5.86. The largest absolute Gasteiger partial charge is 0.493 e. The van der Waals surface area contributed by atoms with E-state index in [0.29, 0.717) is 0 Å². The van der Waals surface area contributed by atoms with Crippen molar-refractivity contribution in [3.63, 3.8) is 0 Å². The lowest BCUT2D eigenvalue weighted by Gasteiger charge is -2.34. The number of alkyl halides is 2. The van der Waals surface area contributed by atoms with Gasteiger partial charge in [0.2, 0.25) is 0 Å². The van der Waals surface area contributed by atoms with Crippen LogP contribution in [0.25, 0.3) is 0 Å². The Kier molecular flexibility index (Phi) is 5.71. The molecular weight excluding hydrogens is 324 g/mol. The van der Waals surface area contributed by atoms with Gasteiger partial charge in [-0.2, -0.15) is 8.78 Å². The number of benzene rings is 1. The molecule has 0 aliphatic carbocycles. The van der Waals surface area contributed by atoms with Crippen LogP contribution in [0.15, 0.2) is 24.3 Å². The molecule has 0 saturated carbocycles. The normalized spacial score (nSPS) is 18.3. The molecule has 1 aromatic carbocycles. The van der Waals surface area contributed by atoms with E-state index in [1.165, 1.54) is 12.1 Å². The number of carbonyl (C=O) groups is 2. The summed E-state index contributed by atoms with van der Waals surface area (Å²) in [6.45, 7) is 1.68. The fourth-order valence-corrected chi connectivity index (χ4v) is 2.54. The Morgan fingerprint density at radius 2 is 2.12 bits per heavy atom. The summed E-state index contributed by atoms with van der Waals surface area (Å²) in [4.78, 5) is 24.0. The first-order chi connectivity index (χ1) is 11.4. The standard InChI is InChI=1S/C16H19F2NO5/c1-2-23-13-6-4-3-5-12(13)16(17,18)15(22)19-7-8-24-11(10-19)9-14(20)21/h3-6,11H,2,7-10H2,1H3,(H,20,21). The van der Waals surface area contributed by atoms with Crippen LogP contribution in [0.1, 0.15) is 18.9 Å². The van der Waals surface area contributed by atoms with Gasteiger partial charge >= 0.3 is 11.9 Å². The first kappa shape index (κ1) is 18.1. The molecule has 1 atom stereocenters. The molecule has 1 N–H and O–H groups in total. The van der Waals surface area contributed by atoms with Gasteiger partial charge in [-0.05, 0) is 19.1 Å². The molecule has 0 radical (unpaired) electrons. The van der Waals surface area contributed by atoms with Crippen molar-refractivity contribution in [3.05, 3.63) is 29.8 Å². The fourth-order valence-electron chi connectivity index (χ4n) is 2.54. The van der Waals surface area contributed by atoms with E-state index in [9.17, 15) is 18.4 Å². The average molecular weight is 343 g/mol. The molecule has 132 valence electrons. The second-order valence-electron chi connectivity index (χ2n) is 5.35. The minimum atomic E-state index is -3.77. The summed E-state index contributed by atoms with van der Waals surface area (Å²) in [6, 6.07) is 5.49. The maximum Gasteiger partial charge on any atom is 0.353 e. The van der Waals surface area contributed by atoms with E-state index in [-0.39, 0.29) is 38.5 Å². The van der Waals surface area contributed by atoms with E-state index >= 15 is 0 Å². The van der Waals surface area contributed by atoms with Crippen molar-refractivity contribution in [2.24, 2.45) is 0 Å². The van der Waals surface area contributed by atoms with E-state index in [2.05, 4.69) is 0 Å². The molecule has 0 aromatic heterocycles. The van der Waals surface area contributed by atoms with Crippen molar-refractivity contribution in [1.82, 2.24) is 4.90 Å². The third kappa shape index (κ3) is 4.00. The molecule has 1 aromatic rings. The number of carboxylic acid groups (broad SMARTS) is 1. The zero-order chi connectivity index (χ0) is 17.7. The monoisotopic (exact) mass is 343 g/mol. The van der Waals surface area contributed by atoms with Crippen LogP contribution in [-0.2, 0) is 20.2 Å². The third-order valence-electron chi connectivity index (χ3n) is 3.62. The topological polar surface area (TPSA) is 76.1 Å². The van der Waals surface area contributed by atoms with E-state index in [4.69, 9.17) is 14.6 Å². The van der Waals surface area contributed by atoms with Crippen LogP contribution in [0.2, 0.25) is 0 Å². The summed E-state index contributed by atoms with van der Waals surface area (Å²) in [5, 5.41) is 8.78. The molecule has 0 spiro atoms. The molecule has 1 heterocycles. The van der Waals surface area contributed by atoms with Gasteiger partial charge in [0.25, 0.3) is 5.91 Å². The highest BCUT2D eigenvalue weighted by Crippen LogP contribution is 2.37. The van der Waals surface area contributed by atoms with Crippen LogP contribution in [0.5, 0.6) is 5.75 Å². The lowest BCUT2D eigenvalue weighted by atomic mass is 10.0. The van der Waals surface area contributed by atoms with Gasteiger partial charge in [0.05, 0.1) is 31.3 Å². The highest BCUT2D eigenvalue weighted by Gasteiger charge is 2.47.